The minimum atomic E-state index is -0.284. The first-order valence-corrected chi connectivity index (χ1v) is 6.42. The van der Waals surface area contributed by atoms with Crippen LogP contribution in [0, 0.1) is 16.0 Å². The van der Waals surface area contributed by atoms with Gasteiger partial charge < -0.3 is 5.73 Å². The van der Waals surface area contributed by atoms with E-state index in [-0.39, 0.29) is 16.5 Å². The summed E-state index contributed by atoms with van der Waals surface area (Å²) in [7, 11) is 0. The van der Waals surface area contributed by atoms with Gasteiger partial charge in [-0.1, -0.05) is 18.6 Å². The van der Waals surface area contributed by atoms with Gasteiger partial charge in [-0.2, -0.15) is 0 Å². The third kappa shape index (κ3) is 3.53. The maximum absolute atomic E-state index is 11.1. The Hall–Kier alpha value is -1.42. The van der Waals surface area contributed by atoms with Crippen LogP contribution in [0.5, 0.6) is 0 Å². The summed E-state index contributed by atoms with van der Waals surface area (Å²) in [6.07, 6.45) is 6.70. The van der Waals surface area contributed by atoms with Gasteiger partial charge >= 0.3 is 0 Å². The molecule has 1 aliphatic rings. The van der Waals surface area contributed by atoms with Crippen molar-refractivity contribution >= 4 is 0 Å². The molecule has 0 aromatic heterocycles. The predicted octanol–water partition coefficient (Wildman–Crippen LogP) is 3.19. The highest BCUT2D eigenvalue weighted by molar-refractivity contribution is 5.40. The van der Waals surface area contributed by atoms with Crippen LogP contribution >= 0.6 is 0 Å². The Labute approximate surface area is 108 Å². The zero-order valence-electron chi connectivity index (χ0n) is 11.4. The van der Waals surface area contributed by atoms with Crippen molar-refractivity contribution in [2.24, 2.45) is 11.7 Å². The van der Waals surface area contributed by atoms with Crippen molar-refractivity contribution in [2.45, 2.75) is 40.0 Å². The van der Waals surface area contributed by atoms with Gasteiger partial charge in [0.1, 0.15) is 0 Å². The van der Waals surface area contributed by atoms with Gasteiger partial charge in [0.2, 0.25) is 0 Å². The summed E-state index contributed by atoms with van der Waals surface area (Å²) in [4.78, 5) is 10.8. The van der Waals surface area contributed by atoms with E-state index in [1.807, 2.05) is 13.8 Å². The highest BCUT2D eigenvalue weighted by Gasteiger charge is 2.20. The number of unbranched alkanes of at least 4 members (excludes halogenated alkanes) is 1. The fourth-order valence-electron chi connectivity index (χ4n) is 2.19. The molecule has 100 valence electrons. The summed E-state index contributed by atoms with van der Waals surface area (Å²) < 4.78 is 0. The van der Waals surface area contributed by atoms with Gasteiger partial charge in [-0.25, -0.2) is 0 Å². The van der Waals surface area contributed by atoms with Gasteiger partial charge in [-0.05, 0) is 51.1 Å². The molecule has 2 N–H and O–H groups in total. The van der Waals surface area contributed by atoms with Crippen LogP contribution in [0.1, 0.15) is 40.0 Å². The molecule has 0 aromatic carbocycles. The number of hydrogen-bond donors (Lipinski definition) is 1. The number of nitrogens with two attached hydrogens (primary N) is 1. The molecule has 0 saturated carbocycles. The second kappa shape index (κ2) is 6.50. The minimum Gasteiger partial charge on any atom is -0.330 e. The van der Waals surface area contributed by atoms with Crippen LogP contribution in [0.3, 0.4) is 0 Å². The SMILES string of the molecule is CC1=CC(C)C(CCCCN)=CC([N+](=O)[O-])=C1C. The first-order valence-electron chi connectivity index (χ1n) is 6.42. The van der Waals surface area contributed by atoms with Crippen molar-refractivity contribution in [1.29, 1.82) is 0 Å². The average Bonchev–Trinajstić information content (AvgIpc) is 2.40. The number of hydrogen-bond acceptors (Lipinski definition) is 3. The fraction of sp³-hybridized carbons (Fsp3) is 0.571. The van der Waals surface area contributed by atoms with Crippen LogP contribution in [0.15, 0.2) is 34.6 Å². The molecular weight excluding hydrogens is 228 g/mol. The van der Waals surface area contributed by atoms with Gasteiger partial charge in [0.15, 0.2) is 0 Å². The van der Waals surface area contributed by atoms with Crippen LogP contribution in [-0.4, -0.2) is 11.5 Å². The number of nitrogens with zero attached hydrogens (tertiary/aromatic N) is 1. The number of allylic oxidation sites excluding steroid dienone is 5. The highest BCUT2D eigenvalue weighted by Crippen LogP contribution is 2.29. The molecule has 0 fully saturated rings. The Morgan fingerprint density at radius 3 is 2.61 bits per heavy atom. The van der Waals surface area contributed by atoms with Crippen LogP contribution in [-0.2, 0) is 0 Å². The Morgan fingerprint density at radius 1 is 1.39 bits per heavy atom. The lowest BCUT2D eigenvalue weighted by Crippen LogP contribution is -2.03. The molecule has 0 bridgehead atoms. The lowest BCUT2D eigenvalue weighted by molar-refractivity contribution is -0.420. The van der Waals surface area contributed by atoms with Gasteiger partial charge in [0.25, 0.3) is 5.70 Å². The number of rotatable bonds is 5. The van der Waals surface area contributed by atoms with E-state index in [4.69, 9.17) is 5.73 Å². The summed E-state index contributed by atoms with van der Waals surface area (Å²) in [6, 6.07) is 0. The van der Waals surface area contributed by atoms with Crippen molar-refractivity contribution in [3.63, 3.8) is 0 Å². The van der Waals surface area contributed by atoms with Gasteiger partial charge in [-0.15, -0.1) is 0 Å². The zero-order chi connectivity index (χ0) is 13.7. The molecule has 4 nitrogen and oxygen atoms in total. The molecular formula is C14H22N2O2. The third-order valence-corrected chi connectivity index (χ3v) is 3.50. The van der Waals surface area contributed by atoms with E-state index in [1.165, 1.54) is 0 Å². The van der Waals surface area contributed by atoms with Crippen molar-refractivity contribution in [1.82, 2.24) is 0 Å². The second-order valence-electron chi connectivity index (χ2n) is 4.87. The first kappa shape index (κ1) is 14.6. The molecule has 0 amide bonds. The second-order valence-corrected chi connectivity index (χ2v) is 4.87. The summed E-state index contributed by atoms with van der Waals surface area (Å²) in [6.45, 7) is 6.52. The molecule has 0 aromatic rings. The first-order chi connectivity index (χ1) is 8.47. The summed E-state index contributed by atoms with van der Waals surface area (Å²) in [5.74, 6) is 0.259. The van der Waals surface area contributed by atoms with Crippen molar-refractivity contribution in [2.75, 3.05) is 6.54 Å². The van der Waals surface area contributed by atoms with E-state index < -0.39 is 0 Å². The minimum absolute atomic E-state index is 0.232. The van der Waals surface area contributed by atoms with Crippen LogP contribution in [0.4, 0.5) is 0 Å². The lowest BCUT2D eigenvalue weighted by Gasteiger charge is -2.11. The Kier molecular flexibility index (Phi) is 5.28. The maximum Gasteiger partial charge on any atom is 0.272 e. The van der Waals surface area contributed by atoms with Crippen LogP contribution in [0.25, 0.3) is 0 Å². The molecule has 1 aliphatic carbocycles. The summed E-state index contributed by atoms with van der Waals surface area (Å²) in [5.41, 5.74) is 8.61. The summed E-state index contributed by atoms with van der Waals surface area (Å²) in [5, 5.41) is 11.1. The molecule has 1 unspecified atom stereocenters. The van der Waals surface area contributed by atoms with Crippen molar-refractivity contribution in [3.8, 4) is 0 Å². The molecule has 0 saturated heterocycles. The van der Waals surface area contributed by atoms with Gasteiger partial charge in [0, 0.05) is 11.6 Å². The molecule has 0 spiro atoms. The normalized spacial score (nSPS) is 20.3. The maximum atomic E-state index is 11.1. The Balaban J connectivity index is 3.02. The largest absolute Gasteiger partial charge is 0.330 e. The molecule has 0 aliphatic heterocycles. The van der Waals surface area contributed by atoms with E-state index in [0.717, 1.165) is 36.0 Å². The Morgan fingerprint density at radius 2 is 2.06 bits per heavy atom. The fourth-order valence-corrected chi connectivity index (χ4v) is 2.19. The van der Waals surface area contributed by atoms with E-state index >= 15 is 0 Å². The van der Waals surface area contributed by atoms with Gasteiger partial charge in [0.05, 0.1) is 4.92 Å². The lowest BCUT2D eigenvalue weighted by atomic mass is 9.95. The quantitative estimate of drug-likeness (QED) is 0.463. The topological polar surface area (TPSA) is 69.2 Å². The molecule has 1 atom stereocenters. The van der Waals surface area contributed by atoms with Crippen LogP contribution in [0.2, 0.25) is 0 Å². The Bertz CT molecular complexity index is 420. The third-order valence-electron chi connectivity index (χ3n) is 3.50. The monoisotopic (exact) mass is 250 g/mol. The van der Waals surface area contributed by atoms with E-state index in [0.29, 0.717) is 6.54 Å². The van der Waals surface area contributed by atoms with Crippen LogP contribution < -0.4 is 5.73 Å². The van der Waals surface area contributed by atoms with E-state index in [2.05, 4.69) is 13.0 Å². The predicted molar refractivity (Wildman–Crippen MR) is 73.6 cm³/mol. The molecule has 18 heavy (non-hydrogen) atoms. The molecule has 1 rings (SSSR count). The van der Waals surface area contributed by atoms with Crippen molar-refractivity contribution < 1.29 is 4.92 Å². The highest BCUT2D eigenvalue weighted by atomic mass is 16.6. The van der Waals surface area contributed by atoms with Crippen molar-refractivity contribution in [3.05, 3.63) is 44.7 Å². The number of nitro groups is 1. The van der Waals surface area contributed by atoms with E-state index in [1.54, 1.807) is 6.08 Å². The molecule has 4 heteroatoms. The smallest absolute Gasteiger partial charge is 0.272 e. The molecule has 0 radical (unpaired) electrons. The molecule has 0 heterocycles. The summed E-state index contributed by atoms with van der Waals surface area (Å²) >= 11 is 0. The van der Waals surface area contributed by atoms with E-state index in [9.17, 15) is 10.1 Å². The average molecular weight is 250 g/mol. The van der Waals surface area contributed by atoms with Gasteiger partial charge in [-0.3, -0.25) is 10.1 Å². The zero-order valence-corrected chi connectivity index (χ0v) is 11.4. The standard InChI is InChI=1S/C14H22N2O2/c1-10-8-11(2)13(6-4-5-7-15)9-14(12(10)3)16(17)18/h8-9,11H,4-7,15H2,1-3H3.